The molecule has 4 heteroatoms. The molecule has 0 fully saturated rings. The molecular formula is C20H22N2OS. The molecule has 3 nitrogen and oxygen atoms in total. The molecule has 0 saturated heterocycles. The van der Waals surface area contributed by atoms with Crippen LogP contribution in [0.25, 0.3) is 0 Å². The number of anilines is 1. The Hall–Kier alpha value is -2.07. The van der Waals surface area contributed by atoms with Gasteiger partial charge >= 0.3 is 0 Å². The van der Waals surface area contributed by atoms with E-state index in [1.807, 2.05) is 42.5 Å². The van der Waals surface area contributed by atoms with Crippen molar-refractivity contribution in [3.8, 4) is 0 Å². The van der Waals surface area contributed by atoms with Gasteiger partial charge in [0, 0.05) is 11.3 Å². The van der Waals surface area contributed by atoms with Crippen LogP contribution in [-0.2, 0) is 6.42 Å². The summed E-state index contributed by atoms with van der Waals surface area (Å²) in [5.41, 5.74) is 2.82. The highest BCUT2D eigenvalue weighted by molar-refractivity contribution is 8.14. The molecule has 0 saturated carbocycles. The number of hydrogen-bond acceptors (Lipinski definition) is 3. The van der Waals surface area contributed by atoms with Crippen LogP contribution in [0.15, 0.2) is 59.6 Å². The Balaban J connectivity index is 1.99. The molecule has 1 aliphatic rings. The van der Waals surface area contributed by atoms with Gasteiger partial charge in [-0.3, -0.25) is 14.7 Å². The van der Waals surface area contributed by atoms with Gasteiger partial charge in [0.15, 0.2) is 5.17 Å². The normalized spacial score (nSPS) is 16.8. The second-order valence-electron chi connectivity index (χ2n) is 5.81. The highest BCUT2D eigenvalue weighted by Gasteiger charge is 2.28. The summed E-state index contributed by atoms with van der Waals surface area (Å²) in [5.74, 6) is 0.917. The average molecular weight is 338 g/mol. The molecule has 0 radical (unpaired) electrons. The number of aryl methyl sites for hydroxylation is 1. The van der Waals surface area contributed by atoms with Crippen molar-refractivity contribution >= 4 is 28.5 Å². The van der Waals surface area contributed by atoms with Crippen molar-refractivity contribution in [1.82, 2.24) is 0 Å². The van der Waals surface area contributed by atoms with Gasteiger partial charge in [0.05, 0.1) is 11.7 Å². The van der Waals surface area contributed by atoms with E-state index in [1.54, 1.807) is 16.7 Å². The first kappa shape index (κ1) is 16.8. The minimum atomic E-state index is -0.0251. The topological polar surface area (TPSA) is 32.7 Å². The molecule has 3 rings (SSSR count). The van der Waals surface area contributed by atoms with Crippen LogP contribution in [0.1, 0.15) is 36.2 Å². The smallest absolute Gasteiger partial charge is 0.264 e. The number of carbonyl (C=O) groups is 1. The zero-order chi connectivity index (χ0) is 16.9. The van der Waals surface area contributed by atoms with E-state index in [1.165, 1.54) is 5.56 Å². The Kier molecular flexibility index (Phi) is 5.36. The van der Waals surface area contributed by atoms with Crippen LogP contribution >= 0.6 is 11.8 Å². The van der Waals surface area contributed by atoms with Gasteiger partial charge in [0.2, 0.25) is 0 Å². The number of amides is 1. The van der Waals surface area contributed by atoms with Crippen molar-refractivity contribution in [1.29, 1.82) is 0 Å². The number of aliphatic imine (C=N–C) groups is 1. The van der Waals surface area contributed by atoms with Crippen LogP contribution in [0.2, 0.25) is 0 Å². The van der Waals surface area contributed by atoms with Crippen molar-refractivity contribution in [2.24, 2.45) is 4.99 Å². The van der Waals surface area contributed by atoms with Crippen LogP contribution in [0.3, 0.4) is 0 Å². The fourth-order valence-corrected chi connectivity index (χ4v) is 3.83. The summed E-state index contributed by atoms with van der Waals surface area (Å²) in [6.07, 6.45) is 1.99. The molecule has 1 aliphatic heterocycles. The predicted molar refractivity (Wildman–Crippen MR) is 103 cm³/mol. The quantitative estimate of drug-likeness (QED) is 0.804. The van der Waals surface area contributed by atoms with Crippen LogP contribution < -0.4 is 4.90 Å². The highest BCUT2D eigenvalue weighted by Crippen LogP contribution is 2.28. The van der Waals surface area contributed by atoms with Crippen LogP contribution in [0, 0.1) is 0 Å². The largest absolute Gasteiger partial charge is 0.268 e. The first-order valence-corrected chi connectivity index (χ1v) is 9.40. The van der Waals surface area contributed by atoms with Crippen molar-refractivity contribution in [3.05, 3.63) is 65.7 Å². The van der Waals surface area contributed by atoms with Crippen LogP contribution in [-0.4, -0.2) is 22.9 Å². The molecule has 24 heavy (non-hydrogen) atoms. The molecule has 0 unspecified atom stereocenters. The van der Waals surface area contributed by atoms with Crippen LogP contribution in [0.4, 0.5) is 5.69 Å². The Morgan fingerprint density at radius 3 is 2.42 bits per heavy atom. The lowest BCUT2D eigenvalue weighted by molar-refractivity contribution is 0.100. The van der Waals surface area contributed by atoms with Crippen LogP contribution in [0.5, 0.6) is 0 Å². The second-order valence-corrected chi connectivity index (χ2v) is 6.80. The summed E-state index contributed by atoms with van der Waals surface area (Å²) in [6.45, 7) is 4.27. The van der Waals surface area contributed by atoms with E-state index in [4.69, 9.17) is 4.99 Å². The van der Waals surface area contributed by atoms with Crippen molar-refractivity contribution in [2.45, 2.75) is 32.7 Å². The third-order valence-electron chi connectivity index (χ3n) is 4.19. The molecule has 0 bridgehead atoms. The molecule has 2 aromatic carbocycles. The molecule has 0 aromatic heterocycles. The molecule has 1 heterocycles. The van der Waals surface area contributed by atoms with E-state index in [0.717, 1.165) is 29.4 Å². The molecule has 0 aliphatic carbocycles. The van der Waals surface area contributed by atoms with Gasteiger partial charge in [-0.05, 0) is 42.7 Å². The highest BCUT2D eigenvalue weighted by atomic mass is 32.2. The third kappa shape index (κ3) is 3.54. The second kappa shape index (κ2) is 7.67. The van der Waals surface area contributed by atoms with Gasteiger partial charge in [0.1, 0.15) is 0 Å². The molecule has 2 aromatic rings. The average Bonchev–Trinajstić information content (AvgIpc) is 3.12. The number of benzene rings is 2. The molecule has 0 N–H and O–H groups in total. The zero-order valence-electron chi connectivity index (χ0n) is 14.1. The monoisotopic (exact) mass is 338 g/mol. The number of hydrogen-bond donors (Lipinski definition) is 0. The van der Waals surface area contributed by atoms with Gasteiger partial charge < -0.3 is 0 Å². The molecule has 0 spiro atoms. The Bertz CT molecular complexity index is 725. The number of thioether (sulfide) groups is 1. The summed E-state index contributed by atoms with van der Waals surface area (Å²) in [6, 6.07) is 17.9. The van der Waals surface area contributed by atoms with E-state index in [9.17, 15) is 4.79 Å². The maximum absolute atomic E-state index is 13.1. The van der Waals surface area contributed by atoms with E-state index in [2.05, 4.69) is 26.0 Å². The minimum Gasteiger partial charge on any atom is -0.268 e. The van der Waals surface area contributed by atoms with E-state index in [-0.39, 0.29) is 5.91 Å². The van der Waals surface area contributed by atoms with Gasteiger partial charge in [-0.25, -0.2) is 0 Å². The lowest BCUT2D eigenvalue weighted by Crippen LogP contribution is -2.34. The Morgan fingerprint density at radius 1 is 1.12 bits per heavy atom. The zero-order valence-corrected chi connectivity index (χ0v) is 14.9. The maximum Gasteiger partial charge on any atom is 0.264 e. The predicted octanol–water partition coefficient (Wildman–Crippen LogP) is 4.78. The standard InChI is InChI=1S/C20H22N2OS/c1-3-15-10-12-18(13-11-15)22(20-21-17(4-2)14-24-20)19(23)16-8-6-5-7-9-16/h5-13,17H,3-4,14H2,1-2H3/t17-/m0/s1. The fraction of sp³-hybridized carbons (Fsp3) is 0.300. The summed E-state index contributed by atoms with van der Waals surface area (Å²) in [4.78, 5) is 19.6. The summed E-state index contributed by atoms with van der Waals surface area (Å²) >= 11 is 1.67. The summed E-state index contributed by atoms with van der Waals surface area (Å²) in [7, 11) is 0. The summed E-state index contributed by atoms with van der Waals surface area (Å²) in [5, 5.41) is 0.806. The number of carbonyl (C=O) groups excluding carboxylic acids is 1. The van der Waals surface area contributed by atoms with Crippen molar-refractivity contribution < 1.29 is 4.79 Å². The van der Waals surface area contributed by atoms with E-state index < -0.39 is 0 Å². The number of amidine groups is 1. The molecular weight excluding hydrogens is 316 g/mol. The van der Waals surface area contributed by atoms with E-state index >= 15 is 0 Å². The molecule has 124 valence electrons. The summed E-state index contributed by atoms with van der Waals surface area (Å²) < 4.78 is 0. The molecule has 1 amide bonds. The van der Waals surface area contributed by atoms with Gasteiger partial charge in [-0.15, -0.1) is 0 Å². The Labute approximate surface area is 147 Å². The van der Waals surface area contributed by atoms with Crippen molar-refractivity contribution in [3.63, 3.8) is 0 Å². The lowest BCUT2D eigenvalue weighted by atomic mass is 10.1. The third-order valence-corrected chi connectivity index (χ3v) is 5.28. The maximum atomic E-state index is 13.1. The van der Waals surface area contributed by atoms with Crippen molar-refractivity contribution in [2.75, 3.05) is 10.7 Å². The minimum absolute atomic E-state index is 0.0251. The fourth-order valence-electron chi connectivity index (χ4n) is 2.64. The molecule has 1 atom stereocenters. The Morgan fingerprint density at radius 2 is 1.83 bits per heavy atom. The first-order valence-electron chi connectivity index (χ1n) is 8.42. The number of rotatable bonds is 4. The number of nitrogens with zero attached hydrogens (tertiary/aromatic N) is 2. The lowest BCUT2D eigenvalue weighted by Gasteiger charge is -2.22. The van der Waals surface area contributed by atoms with Gasteiger partial charge in [-0.1, -0.05) is 55.9 Å². The first-order chi connectivity index (χ1) is 11.7. The van der Waals surface area contributed by atoms with E-state index in [0.29, 0.717) is 11.6 Å². The van der Waals surface area contributed by atoms with Gasteiger partial charge in [-0.2, -0.15) is 0 Å². The SMILES string of the molecule is CCc1ccc(N(C(=O)c2ccccc2)C2=N[C@@H](CC)CS2)cc1. The van der Waals surface area contributed by atoms with Gasteiger partial charge in [0.25, 0.3) is 5.91 Å².